The van der Waals surface area contributed by atoms with Crippen molar-refractivity contribution in [3.05, 3.63) is 105 Å². The average molecular weight is 627 g/mol. The number of amides is 3. The molecule has 0 aliphatic carbocycles. The van der Waals surface area contributed by atoms with Gasteiger partial charge in [0.25, 0.3) is 11.8 Å². The molecule has 0 radical (unpaired) electrons. The van der Waals surface area contributed by atoms with Crippen molar-refractivity contribution in [3.8, 4) is 0 Å². The average Bonchev–Trinajstić information content (AvgIpc) is 3.33. The van der Waals surface area contributed by atoms with Gasteiger partial charge in [0.2, 0.25) is 11.0 Å². The zero-order valence-corrected chi connectivity index (χ0v) is 23.6. The minimum absolute atomic E-state index is 0.0624. The maximum atomic E-state index is 14.2. The van der Waals surface area contributed by atoms with Crippen molar-refractivity contribution in [2.45, 2.75) is 11.8 Å². The molecular weight excluding hydrogens is 605 g/mol. The Morgan fingerprint density at radius 3 is 2.36 bits per heavy atom. The van der Waals surface area contributed by atoms with Crippen LogP contribution in [-0.2, 0) is 9.59 Å². The smallest absolute Gasteiger partial charge is 0.272 e. The molecule has 8 nitrogen and oxygen atoms in total. The van der Waals surface area contributed by atoms with Gasteiger partial charge in [-0.1, -0.05) is 51.5 Å². The number of anilines is 2. The van der Waals surface area contributed by atoms with Gasteiger partial charge in [-0.25, -0.2) is 4.39 Å². The largest absolute Gasteiger partial charge is 0.321 e. The van der Waals surface area contributed by atoms with Crippen LogP contribution in [-0.4, -0.2) is 33.7 Å². The Morgan fingerprint density at radius 1 is 0.974 bits per heavy atom. The molecule has 0 fully saturated rings. The third-order valence-corrected chi connectivity index (χ3v) is 7.34. The van der Waals surface area contributed by atoms with E-state index in [0.717, 1.165) is 14.4 Å². The Kier molecular flexibility index (Phi) is 9.58. The fraction of sp³-hybridized carbons (Fsp3) is 0.0741. The highest BCUT2D eigenvalue weighted by Gasteiger charge is 2.17. The van der Waals surface area contributed by atoms with E-state index in [0.29, 0.717) is 16.4 Å². The molecule has 1 heterocycles. The van der Waals surface area contributed by atoms with Crippen molar-refractivity contribution >= 4 is 73.6 Å². The summed E-state index contributed by atoms with van der Waals surface area (Å²) in [7, 11) is 0. The molecule has 3 N–H and O–H groups in total. The summed E-state index contributed by atoms with van der Waals surface area (Å²) in [6.45, 7) is 1.80. The lowest BCUT2D eigenvalue weighted by Crippen LogP contribution is -2.31. The third-order valence-electron chi connectivity index (χ3n) is 5.05. The number of carbonyl (C=O) groups excluding carboxylic acids is 3. The number of nitrogens with one attached hydrogen (secondary N) is 3. The first-order valence-corrected chi connectivity index (χ1v) is 14.0. The predicted octanol–water partition coefficient (Wildman–Crippen LogP) is 5.89. The van der Waals surface area contributed by atoms with E-state index in [-0.39, 0.29) is 22.9 Å². The van der Waals surface area contributed by atoms with Crippen LogP contribution < -0.4 is 16.0 Å². The van der Waals surface area contributed by atoms with Gasteiger partial charge in [0, 0.05) is 15.1 Å². The molecule has 0 saturated carbocycles. The van der Waals surface area contributed by atoms with E-state index in [4.69, 9.17) is 0 Å². The van der Waals surface area contributed by atoms with Gasteiger partial charge in [-0.3, -0.25) is 19.7 Å². The van der Waals surface area contributed by atoms with Crippen molar-refractivity contribution in [2.24, 2.45) is 0 Å². The van der Waals surface area contributed by atoms with Gasteiger partial charge in [-0.15, -0.1) is 22.0 Å². The number of thioether (sulfide) groups is 1. The van der Waals surface area contributed by atoms with Gasteiger partial charge >= 0.3 is 0 Å². The standard InChI is InChI=1S/C27H21BrFN5O3S2/c1-16-33-34-27(39-16)32-24(35)15-38-20-12-10-19(11-13-20)30-26(37)23(14-17-6-8-18(28)9-7-17)31-25(36)21-4-2-3-5-22(21)29/h2-14H,15H2,1H3,(H,30,37)(H,31,36)(H,32,34,35)/b23-14-. The summed E-state index contributed by atoms with van der Waals surface area (Å²) in [6, 6.07) is 19.5. The van der Waals surface area contributed by atoms with E-state index >= 15 is 0 Å². The highest BCUT2D eigenvalue weighted by molar-refractivity contribution is 9.10. The molecular formula is C27H21BrFN5O3S2. The fourth-order valence-corrected chi connectivity index (χ4v) is 4.77. The summed E-state index contributed by atoms with van der Waals surface area (Å²) < 4.78 is 15.0. The quantitative estimate of drug-likeness (QED) is 0.158. The van der Waals surface area contributed by atoms with Crippen LogP contribution in [0, 0.1) is 12.7 Å². The lowest BCUT2D eigenvalue weighted by Gasteiger charge is -2.12. The van der Waals surface area contributed by atoms with Gasteiger partial charge in [0.15, 0.2) is 0 Å². The van der Waals surface area contributed by atoms with Crippen LogP contribution >= 0.6 is 39.0 Å². The summed E-state index contributed by atoms with van der Waals surface area (Å²) in [5, 5.41) is 16.9. The first-order chi connectivity index (χ1) is 18.8. The number of carbonyl (C=O) groups is 3. The monoisotopic (exact) mass is 625 g/mol. The number of nitrogens with zero attached hydrogens (tertiary/aromatic N) is 2. The van der Waals surface area contributed by atoms with Crippen LogP contribution in [0.5, 0.6) is 0 Å². The third kappa shape index (κ3) is 8.31. The minimum Gasteiger partial charge on any atom is -0.321 e. The van der Waals surface area contributed by atoms with Gasteiger partial charge in [0.05, 0.1) is 11.3 Å². The Labute approximate surface area is 240 Å². The number of benzene rings is 3. The molecule has 12 heteroatoms. The molecule has 198 valence electrons. The second kappa shape index (κ2) is 13.3. The molecule has 39 heavy (non-hydrogen) atoms. The second-order valence-electron chi connectivity index (χ2n) is 7.99. The van der Waals surface area contributed by atoms with Crippen molar-refractivity contribution in [3.63, 3.8) is 0 Å². The minimum atomic E-state index is -0.750. The van der Waals surface area contributed by atoms with Crippen molar-refractivity contribution in [2.75, 3.05) is 16.4 Å². The summed E-state index contributed by atoms with van der Waals surface area (Å²) in [4.78, 5) is 38.9. The molecule has 0 aliphatic heterocycles. The van der Waals surface area contributed by atoms with Crippen LogP contribution in [0.25, 0.3) is 6.08 Å². The first kappa shape index (κ1) is 28.1. The predicted molar refractivity (Wildman–Crippen MR) is 155 cm³/mol. The fourth-order valence-electron chi connectivity index (χ4n) is 3.20. The lowest BCUT2D eigenvalue weighted by atomic mass is 10.1. The topological polar surface area (TPSA) is 113 Å². The highest BCUT2D eigenvalue weighted by atomic mass is 79.9. The summed E-state index contributed by atoms with van der Waals surface area (Å²) in [5.74, 6) is -2.07. The number of aryl methyl sites for hydroxylation is 1. The maximum absolute atomic E-state index is 14.2. The van der Waals surface area contributed by atoms with Crippen LogP contribution in [0.1, 0.15) is 20.9 Å². The Morgan fingerprint density at radius 2 is 1.69 bits per heavy atom. The van der Waals surface area contributed by atoms with Gasteiger partial charge in [-0.05, 0) is 67.1 Å². The van der Waals surface area contributed by atoms with E-state index in [1.807, 2.05) is 0 Å². The van der Waals surface area contributed by atoms with Gasteiger partial charge in [-0.2, -0.15) is 0 Å². The van der Waals surface area contributed by atoms with E-state index in [2.05, 4.69) is 42.1 Å². The number of hydrogen-bond acceptors (Lipinski definition) is 7. The molecule has 0 spiro atoms. The molecule has 0 saturated heterocycles. The Balaban J connectivity index is 1.42. The van der Waals surface area contributed by atoms with E-state index in [9.17, 15) is 18.8 Å². The van der Waals surface area contributed by atoms with Gasteiger partial charge in [0.1, 0.15) is 16.5 Å². The molecule has 1 aromatic heterocycles. The maximum Gasteiger partial charge on any atom is 0.272 e. The SMILES string of the molecule is Cc1nnc(NC(=O)CSc2ccc(NC(=O)/C(=C/c3ccc(Br)cc3)NC(=O)c3ccccc3F)cc2)s1. The molecule has 0 atom stereocenters. The van der Waals surface area contributed by atoms with Gasteiger partial charge < -0.3 is 10.6 Å². The number of rotatable bonds is 9. The van der Waals surface area contributed by atoms with Crippen molar-refractivity contribution < 1.29 is 18.8 Å². The molecule has 0 bridgehead atoms. The molecule has 4 rings (SSSR count). The van der Waals surface area contributed by atoms with Crippen LogP contribution in [0.3, 0.4) is 0 Å². The highest BCUT2D eigenvalue weighted by Crippen LogP contribution is 2.22. The van der Waals surface area contributed by atoms with E-state index < -0.39 is 17.6 Å². The van der Waals surface area contributed by atoms with Crippen molar-refractivity contribution in [1.29, 1.82) is 0 Å². The number of hydrogen-bond donors (Lipinski definition) is 3. The molecule has 4 aromatic rings. The zero-order chi connectivity index (χ0) is 27.8. The summed E-state index contributed by atoms with van der Waals surface area (Å²) in [6.07, 6.45) is 1.50. The number of halogens is 2. The normalized spacial score (nSPS) is 11.1. The number of aromatic nitrogens is 2. The summed E-state index contributed by atoms with van der Waals surface area (Å²) >= 11 is 5.98. The molecule has 0 unspecified atom stereocenters. The Hall–Kier alpha value is -3.87. The molecule has 0 aliphatic rings. The van der Waals surface area contributed by atoms with Crippen molar-refractivity contribution in [1.82, 2.24) is 15.5 Å². The van der Waals surface area contributed by atoms with Crippen LogP contribution in [0.2, 0.25) is 0 Å². The van der Waals surface area contributed by atoms with E-state index in [1.54, 1.807) is 55.5 Å². The second-order valence-corrected chi connectivity index (χ2v) is 11.1. The van der Waals surface area contributed by atoms with Crippen LogP contribution in [0.4, 0.5) is 15.2 Å². The molecule has 3 aromatic carbocycles. The van der Waals surface area contributed by atoms with E-state index in [1.165, 1.54) is 53.4 Å². The van der Waals surface area contributed by atoms with Crippen LogP contribution in [0.15, 0.2) is 87.9 Å². The Bertz CT molecular complexity index is 1530. The first-order valence-electron chi connectivity index (χ1n) is 11.4. The molecule has 3 amide bonds. The zero-order valence-electron chi connectivity index (χ0n) is 20.4. The summed E-state index contributed by atoms with van der Waals surface area (Å²) in [5.41, 5.74) is 0.886. The lowest BCUT2D eigenvalue weighted by molar-refractivity contribution is -0.114.